The summed E-state index contributed by atoms with van der Waals surface area (Å²) in [6.45, 7) is 3.38. The lowest BCUT2D eigenvalue weighted by atomic mass is 10.1. The largest absolute Gasteiger partial charge is 0.494 e. The molecule has 0 bridgehead atoms. The van der Waals surface area contributed by atoms with Crippen molar-refractivity contribution in [3.63, 3.8) is 0 Å². The molecule has 1 aliphatic rings. The summed E-state index contributed by atoms with van der Waals surface area (Å²) in [5.41, 5.74) is 1.72. The zero-order chi connectivity index (χ0) is 23.0. The van der Waals surface area contributed by atoms with E-state index < -0.39 is 11.7 Å². The SMILES string of the molecule is CCOc1ccc([C@H]2Cn3nc(-c4nc(-c5cccc(C(F)(F)F)c5)no4)cc3CO2)cc1. The quantitative estimate of drug-likeness (QED) is 0.406. The molecule has 0 saturated carbocycles. The first-order valence-corrected chi connectivity index (χ1v) is 10.3. The summed E-state index contributed by atoms with van der Waals surface area (Å²) in [5.74, 6) is 0.986. The van der Waals surface area contributed by atoms with E-state index in [0.717, 1.165) is 29.1 Å². The monoisotopic (exact) mass is 456 g/mol. The van der Waals surface area contributed by atoms with E-state index in [1.54, 1.807) is 6.07 Å². The smallest absolute Gasteiger partial charge is 0.416 e. The first kappa shape index (κ1) is 21.2. The number of hydrogen-bond acceptors (Lipinski definition) is 6. The molecule has 10 heteroatoms. The van der Waals surface area contributed by atoms with E-state index in [1.165, 1.54) is 12.1 Å². The lowest BCUT2D eigenvalue weighted by Gasteiger charge is -2.24. The second-order valence-corrected chi connectivity index (χ2v) is 7.51. The number of alkyl halides is 3. The number of aromatic nitrogens is 4. The van der Waals surface area contributed by atoms with Gasteiger partial charge in [-0.05, 0) is 42.8 Å². The van der Waals surface area contributed by atoms with Gasteiger partial charge in [0.1, 0.15) is 11.9 Å². The second-order valence-electron chi connectivity index (χ2n) is 7.51. The van der Waals surface area contributed by atoms with Gasteiger partial charge in [0.05, 0.1) is 31.0 Å². The van der Waals surface area contributed by atoms with Crippen LogP contribution >= 0.6 is 0 Å². The maximum Gasteiger partial charge on any atom is 0.416 e. The zero-order valence-electron chi connectivity index (χ0n) is 17.5. The Hall–Kier alpha value is -3.66. The fourth-order valence-electron chi connectivity index (χ4n) is 3.66. The van der Waals surface area contributed by atoms with Gasteiger partial charge in [0.25, 0.3) is 5.89 Å². The van der Waals surface area contributed by atoms with Crippen LogP contribution in [0.3, 0.4) is 0 Å². The minimum absolute atomic E-state index is 0.0607. The van der Waals surface area contributed by atoms with Crippen LogP contribution in [-0.2, 0) is 24.1 Å². The van der Waals surface area contributed by atoms with Gasteiger partial charge in [-0.15, -0.1) is 0 Å². The van der Waals surface area contributed by atoms with Crippen LogP contribution in [0.5, 0.6) is 5.75 Å². The van der Waals surface area contributed by atoms with Crippen molar-refractivity contribution in [2.24, 2.45) is 0 Å². The van der Waals surface area contributed by atoms with E-state index in [9.17, 15) is 13.2 Å². The Kier molecular flexibility index (Phi) is 5.37. The molecule has 0 amide bonds. The van der Waals surface area contributed by atoms with Crippen LogP contribution in [0.25, 0.3) is 23.0 Å². The normalized spacial score (nSPS) is 15.9. The van der Waals surface area contributed by atoms with E-state index in [1.807, 2.05) is 35.9 Å². The van der Waals surface area contributed by atoms with E-state index in [2.05, 4.69) is 15.2 Å². The lowest BCUT2D eigenvalue weighted by molar-refractivity contribution is -0.137. The van der Waals surface area contributed by atoms with Crippen molar-refractivity contribution in [2.45, 2.75) is 32.4 Å². The van der Waals surface area contributed by atoms with Gasteiger partial charge < -0.3 is 14.0 Å². The number of benzene rings is 2. The average Bonchev–Trinajstić information content (AvgIpc) is 3.46. The van der Waals surface area contributed by atoms with Gasteiger partial charge in [-0.25, -0.2) is 0 Å². The van der Waals surface area contributed by atoms with Gasteiger partial charge in [0, 0.05) is 5.56 Å². The Bertz CT molecular complexity index is 1260. The van der Waals surface area contributed by atoms with E-state index in [0.29, 0.717) is 25.5 Å². The maximum absolute atomic E-state index is 13.0. The van der Waals surface area contributed by atoms with Crippen molar-refractivity contribution in [1.82, 2.24) is 19.9 Å². The summed E-state index contributed by atoms with van der Waals surface area (Å²) < 4.78 is 57.6. The number of nitrogens with zero attached hydrogens (tertiary/aromatic N) is 4. The summed E-state index contributed by atoms with van der Waals surface area (Å²) in [6.07, 6.45) is -4.63. The molecule has 1 aliphatic heterocycles. The highest BCUT2D eigenvalue weighted by Gasteiger charge is 2.31. The molecule has 5 rings (SSSR count). The molecule has 3 heterocycles. The van der Waals surface area contributed by atoms with Gasteiger partial charge in [-0.3, -0.25) is 4.68 Å². The molecule has 0 saturated heterocycles. The van der Waals surface area contributed by atoms with E-state index >= 15 is 0 Å². The molecule has 0 fully saturated rings. The minimum atomic E-state index is -4.45. The summed E-state index contributed by atoms with van der Waals surface area (Å²) in [6, 6.07) is 14.3. The Morgan fingerprint density at radius 1 is 1.12 bits per heavy atom. The molecule has 2 aromatic carbocycles. The first-order chi connectivity index (χ1) is 15.9. The van der Waals surface area contributed by atoms with Crippen LogP contribution in [0, 0.1) is 0 Å². The molecule has 1 atom stereocenters. The third-order valence-electron chi connectivity index (χ3n) is 5.29. The summed E-state index contributed by atoms with van der Waals surface area (Å²) >= 11 is 0. The molecule has 7 nitrogen and oxygen atoms in total. The fraction of sp³-hybridized carbons (Fsp3) is 0.261. The van der Waals surface area contributed by atoms with Crippen LogP contribution in [0.15, 0.2) is 59.1 Å². The minimum Gasteiger partial charge on any atom is -0.494 e. The van der Waals surface area contributed by atoms with Crippen molar-refractivity contribution in [2.75, 3.05) is 6.61 Å². The van der Waals surface area contributed by atoms with Crippen LogP contribution < -0.4 is 4.74 Å². The third kappa shape index (κ3) is 4.34. The Morgan fingerprint density at radius 2 is 1.94 bits per heavy atom. The van der Waals surface area contributed by atoms with Crippen LogP contribution in [-0.4, -0.2) is 26.5 Å². The Balaban J connectivity index is 1.35. The molecular formula is C23H19F3N4O3. The Labute approximate surface area is 186 Å². The molecule has 0 aliphatic carbocycles. The number of ether oxygens (including phenoxy) is 2. The highest BCUT2D eigenvalue weighted by molar-refractivity contribution is 5.59. The van der Waals surface area contributed by atoms with Crippen molar-refractivity contribution in [1.29, 1.82) is 0 Å². The standard InChI is InChI=1S/C23H19F3N4O3/c1-2-31-18-8-6-14(7-9-18)20-12-30-17(13-32-20)11-19(28-30)22-27-21(29-33-22)15-4-3-5-16(10-15)23(24,25)26/h3-11,20H,2,12-13H2,1H3/t20-/m1/s1. The Morgan fingerprint density at radius 3 is 2.70 bits per heavy atom. The number of fused-ring (bicyclic) bond motifs is 1. The molecular weight excluding hydrogens is 437 g/mol. The molecule has 0 N–H and O–H groups in total. The van der Waals surface area contributed by atoms with Crippen molar-refractivity contribution in [3.05, 3.63) is 71.4 Å². The van der Waals surface area contributed by atoms with E-state index in [-0.39, 0.29) is 23.4 Å². The predicted octanol–water partition coefficient (Wildman–Crippen LogP) is 5.29. The summed E-state index contributed by atoms with van der Waals surface area (Å²) in [7, 11) is 0. The molecule has 0 spiro atoms. The maximum atomic E-state index is 13.0. The highest BCUT2D eigenvalue weighted by Crippen LogP contribution is 2.33. The first-order valence-electron chi connectivity index (χ1n) is 10.3. The molecule has 0 unspecified atom stereocenters. The topological polar surface area (TPSA) is 75.2 Å². The van der Waals surface area contributed by atoms with Gasteiger partial charge in [0.2, 0.25) is 5.82 Å². The molecule has 33 heavy (non-hydrogen) atoms. The second kappa shape index (κ2) is 8.36. The fourth-order valence-corrected chi connectivity index (χ4v) is 3.66. The lowest BCUT2D eigenvalue weighted by Crippen LogP contribution is -2.21. The molecule has 170 valence electrons. The highest BCUT2D eigenvalue weighted by atomic mass is 19.4. The molecule has 4 aromatic rings. The zero-order valence-corrected chi connectivity index (χ0v) is 17.5. The number of rotatable bonds is 5. The average molecular weight is 456 g/mol. The van der Waals surface area contributed by atoms with Gasteiger partial charge in [0.15, 0.2) is 5.69 Å². The predicted molar refractivity (Wildman–Crippen MR) is 111 cm³/mol. The van der Waals surface area contributed by atoms with Crippen molar-refractivity contribution in [3.8, 4) is 28.7 Å². The van der Waals surface area contributed by atoms with Crippen molar-refractivity contribution < 1.29 is 27.2 Å². The van der Waals surface area contributed by atoms with Crippen molar-refractivity contribution >= 4 is 0 Å². The third-order valence-corrected chi connectivity index (χ3v) is 5.29. The molecule has 0 radical (unpaired) electrons. The van der Waals surface area contributed by atoms with Crippen LogP contribution in [0.4, 0.5) is 13.2 Å². The number of halogens is 3. The van der Waals surface area contributed by atoms with Gasteiger partial charge >= 0.3 is 6.18 Å². The molecule has 2 aromatic heterocycles. The summed E-state index contributed by atoms with van der Waals surface area (Å²) in [5, 5.41) is 8.38. The van der Waals surface area contributed by atoms with Crippen LogP contribution in [0.2, 0.25) is 0 Å². The van der Waals surface area contributed by atoms with Gasteiger partial charge in [-0.1, -0.05) is 29.4 Å². The summed E-state index contributed by atoms with van der Waals surface area (Å²) in [4.78, 5) is 4.25. The van der Waals surface area contributed by atoms with Crippen LogP contribution in [0.1, 0.15) is 29.8 Å². The van der Waals surface area contributed by atoms with E-state index in [4.69, 9.17) is 14.0 Å². The van der Waals surface area contributed by atoms with Gasteiger partial charge in [-0.2, -0.15) is 23.3 Å². The number of hydrogen-bond donors (Lipinski definition) is 0.